The molecule has 1 unspecified atom stereocenters. The first-order valence-electron chi connectivity index (χ1n) is 5.99. The predicted octanol–water partition coefficient (Wildman–Crippen LogP) is 3.85. The second-order valence-electron chi connectivity index (χ2n) is 4.25. The summed E-state index contributed by atoms with van der Waals surface area (Å²) in [5.41, 5.74) is 2.61. The van der Waals surface area contributed by atoms with Crippen LogP contribution < -0.4 is 0 Å². The summed E-state index contributed by atoms with van der Waals surface area (Å²) in [6.45, 7) is 0.833. The average Bonchev–Trinajstić information content (AvgIpc) is 2.46. The average molecular weight is 257 g/mol. The summed E-state index contributed by atoms with van der Waals surface area (Å²) in [6.07, 6.45) is 0. The summed E-state index contributed by atoms with van der Waals surface area (Å²) in [7, 11) is 1.74. The van der Waals surface area contributed by atoms with Gasteiger partial charge in [0.1, 0.15) is 5.37 Å². The van der Waals surface area contributed by atoms with E-state index in [1.165, 1.54) is 16.0 Å². The lowest BCUT2D eigenvalue weighted by Crippen LogP contribution is -2.28. The lowest BCUT2D eigenvalue weighted by Gasteiger charge is -2.34. The Morgan fingerprint density at radius 3 is 2.56 bits per heavy atom. The van der Waals surface area contributed by atoms with E-state index in [0.29, 0.717) is 0 Å². The lowest BCUT2D eigenvalue weighted by atomic mass is 10.2. The molecule has 0 saturated heterocycles. The molecule has 0 N–H and O–H groups in total. The van der Waals surface area contributed by atoms with Crippen LogP contribution in [0.25, 0.3) is 0 Å². The molecule has 0 spiro atoms. The molecule has 0 aliphatic carbocycles. The lowest BCUT2D eigenvalue weighted by molar-refractivity contribution is -0.151. The van der Waals surface area contributed by atoms with E-state index in [-0.39, 0.29) is 5.37 Å². The smallest absolute Gasteiger partial charge is 0.110 e. The fraction of sp³-hybridized carbons (Fsp3) is 0.200. The first-order chi connectivity index (χ1) is 8.88. The van der Waals surface area contributed by atoms with Gasteiger partial charge >= 0.3 is 0 Å². The Morgan fingerprint density at radius 1 is 1.06 bits per heavy atom. The third-order valence-electron chi connectivity index (χ3n) is 3.12. The third kappa shape index (κ3) is 2.17. The van der Waals surface area contributed by atoms with Gasteiger partial charge in [-0.3, -0.25) is 0 Å². The molecule has 0 fully saturated rings. The van der Waals surface area contributed by atoms with Crippen LogP contribution in [-0.2, 0) is 11.4 Å². The minimum Gasteiger partial charge on any atom is -0.301 e. The van der Waals surface area contributed by atoms with Crippen molar-refractivity contribution in [3.8, 4) is 0 Å². The van der Waals surface area contributed by atoms with Gasteiger partial charge in [0.25, 0.3) is 0 Å². The van der Waals surface area contributed by atoms with Gasteiger partial charge in [-0.2, -0.15) is 5.06 Å². The molecule has 0 aromatic heterocycles. The van der Waals surface area contributed by atoms with Crippen LogP contribution in [0.2, 0.25) is 0 Å². The number of fused-ring (bicyclic) bond motifs is 1. The van der Waals surface area contributed by atoms with Crippen LogP contribution in [0.15, 0.2) is 59.5 Å². The number of hydrogen-bond acceptors (Lipinski definition) is 3. The van der Waals surface area contributed by atoms with Gasteiger partial charge in [-0.25, -0.2) is 0 Å². The quantitative estimate of drug-likeness (QED) is 0.810. The number of nitrogens with zero attached hydrogens (tertiary/aromatic N) is 1. The maximum Gasteiger partial charge on any atom is 0.110 e. The second-order valence-corrected chi connectivity index (χ2v) is 5.37. The standard InChI is InChI=1S/C15H15NOS/c1-17-16-11-13-9-5-6-10-14(13)18-15(16)12-7-3-2-4-8-12/h2-10,15H,11H2,1H3. The van der Waals surface area contributed by atoms with E-state index in [0.717, 1.165) is 6.54 Å². The molecule has 0 saturated carbocycles. The van der Waals surface area contributed by atoms with Crippen molar-refractivity contribution in [1.82, 2.24) is 5.06 Å². The van der Waals surface area contributed by atoms with Gasteiger partial charge in [0.15, 0.2) is 0 Å². The summed E-state index contributed by atoms with van der Waals surface area (Å²) < 4.78 is 0. The molecule has 1 aliphatic heterocycles. The van der Waals surface area contributed by atoms with E-state index < -0.39 is 0 Å². The highest BCUT2D eigenvalue weighted by molar-refractivity contribution is 7.99. The van der Waals surface area contributed by atoms with Crippen molar-refractivity contribution in [1.29, 1.82) is 0 Å². The summed E-state index contributed by atoms with van der Waals surface area (Å²) >= 11 is 1.84. The molecule has 1 aliphatic rings. The Labute approximate surface area is 112 Å². The van der Waals surface area contributed by atoms with Crippen molar-refractivity contribution < 1.29 is 4.84 Å². The highest BCUT2D eigenvalue weighted by Gasteiger charge is 2.27. The fourth-order valence-corrected chi connectivity index (χ4v) is 3.44. The molecule has 1 atom stereocenters. The number of hydrogen-bond donors (Lipinski definition) is 0. The maximum absolute atomic E-state index is 5.53. The first-order valence-corrected chi connectivity index (χ1v) is 6.86. The minimum absolute atomic E-state index is 0.228. The molecule has 18 heavy (non-hydrogen) atoms. The van der Waals surface area contributed by atoms with E-state index in [2.05, 4.69) is 48.5 Å². The van der Waals surface area contributed by atoms with Gasteiger partial charge in [-0.05, 0) is 17.2 Å². The zero-order chi connectivity index (χ0) is 12.4. The Bertz CT molecular complexity index is 529. The van der Waals surface area contributed by atoms with Gasteiger partial charge in [0.05, 0.1) is 13.7 Å². The third-order valence-corrected chi connectivity index (χ3v) is 4.50. The molecule has 3 heteroatoms. The van der Waals surface area contributed by atoms with Gasteiger partial charge in [-0.15, -0.1) is 0 Å². The summed E-state index contributed by atoms with van der Waals surface area (Å²) in [5.74, 6) is 0. The Hall–Kier alpha value is -1.29. The van der Waals surface area contributed by atoms with Crippen LogP contribution in [0.3, 0.4) is 0 Å². The normalized spacial score (nSPS) is 19.5. The fourth-order valence-electron chi connectivity index (χ4n) is 2.19. The van der Waals surface area contributed by atoms with Gasteiger partial charge < -0.3 is 4.84 Å². The van der Waals surface area contributed by atoms with Crippen molar-refractivity contribution in [2.45, 2.75) is 16.8 Å². The van der Waals surface area contributed by atoms with Crippen LogP contribution in [0.5, 0.6) is 0 Å². The van der Waals surface area contributed by atoms with Gasteiger partial charge in [-0.1, -0.05) is 60.3 Å². The zero-order valence-corrected chi connectivity index (χ0v) is 11.1. The first kappa shape index (κ1) is 11.8. The summed E-state index contributed by atoms with van der Waals surface area (Å²) in [4.78, 5) is 6.87. The molecule has 0 radical (unpaired) electrons. The van der Waals surface area contributed by atoms with Crippen LogP contribution in [0.4, 0.5) is 0 Å². The van der Waals surface area contributed by atoms with Crippen LogP contribution in [0.1, 0.15) is 16.5 Å². The predicted molar refractivity (Wildman–Crippen MR) is 74.0 cm³/mol. The summed E-state index contributed by atoms with van der Waals surface area (Å²) in [5, 5.41) is 2.26. The minimum atomic E-state index is 0.228. The van der Waals surface area contributed by atoms with E-state index >= 15 is 0 Å². The molecule has 2 aromatic rings. The molecule has 2 aromatic carbocycles. The van der Waals surface area contributed by atoms with E-state index in [4.69, 9.17) is 4.84 Å². The Morgan fingerprint density at radius 2 is 1.78 bits per heavy atom. The van der Waals surface area contributed by atoms with Crippen molar-refractivity contribution in [2.24, 2.45) is 0 Å². The van der Waals surface area contributed by atoms with Gasteiger partial charge in [0, 0.05) is 4.90 Å². The van der Waals surface area contributed by atoms with Crippen molar-refractivity contribution in [3.63, 3.8) is 0 Å². The topological polar surface area (TPSA) is 12.5 Å². The molecule has 1 heterocycles. The number of thioether (sulfide) groups is 1. The van der Waals surface area contributed by atoms with Crippen LogP contribution >= 0.6 is 11.8 Å². The van der Waals surface area contributed by atoms with Crippen molar-refractivity contribution in [2.75, 3.05) is 7.11 Å². The highest BCUT2D eigenvalue weighted by atomic mass is 32.2. The number of hydroxylamine groups is 2. The van der Waals surface area contributed by atoms with Crippen molar-refractivity contribution >= 4 is 11.8 Å². The molecule has 92 valence electrons. The molecular formula is C15H15NOS. The van der Waals surface area contributed by atoms with Crippen LogP contribution in [-0.4, -0.2) is 12.2 Å². The maximum atomic E-state index is 5.53. The Kier molecular flexibility index (Phi) is 3.37. The molecule has 3 rings (SSSR count). The largest absolute Gasteiger partial charge is 0.301 e. The second kappa shape index (κ2) is 5.14. The summed E-state index contributed by atoms with van der Waals surface area (Å²) in [6, 6.07) is 19.0. The molecule has 0 amide bonds. The molecular weight excluding hydrogens is 242 g/mol. The van der Waals surface area contributed by atoms with E-state index in [1.807, 2.05) is 22.9 Å². The number of rotatable bonds is 2. The SMILES string of the molecule is CON1Cc2ccccc2SC1c1ccccc1. The molecule has 2 nitrogen and oxygen atoms in total. The monoisotopic (exact) mass is 257 g/mol. The van der Waals surface area contributed by atoms with E-state index in [1.54, 1.807) is 7.11 Å². The molecule has 0 bridgehead atoms. The zero-order valence-electron chi connectivity index (χ0n) is 10.2. The van der Waals surface area contributed by atoms with E-state index in [9.17, 15) is 0 Å². The number of benzene rings is 2. The highest BCUT2D eigenvalue weighted by Crippen LogP contribution is 2.44. The van der Waals surface area contributed by atoms with Crippen LogP contribution in [0, 0.1) is 0 Å². The van der Waals surface area contributed by atoms with Crippen molar-refractivity contribution in [3.05, 3.63) is 65.7 Å². The Balaban J connectivity index is 1.96. The van der Waals surface area contributed by atoms with Gasteiger partial charge in [0.2, 0.25) is 0 Å².